The average molecular weight is 949 g/mol. The Hall–Kier alpha value is -2.53. The van der Waals surface area contributed by atoms with Crippen molar-refractivity contribution >= 4 is 17.9 Å². The van der Waals surface area contributed by atoms with E-state index in [9.17, 15) is 34.8 Å². The molecule has 0 aliphatic rings. The van der Waals surface area contributed by atoms with Gasteiger partial charge in [0.15, 0.2) is 6.10 Å². The molecule has 392 valence electrons. The van der Waals surface area contributed by atoms with Crippen LogP contribution < -0.4 is 0 Å². The Labute approximate surface area is 410 Å². The van der Waals surface area contributed by atoms with E-state index in [4.69, 9.17) is 14.2 Å². The summed E-state index contributed by atoms with van der Waals surface area (Å²) in [6, 6.07) is 0. The number of carbonyl (C=O) groups is 3. The molecule has 0 rings (SSSR count). The molecular weight excluding hydrogens is 845 g/mol. The molecule has 5 unspecified atom stereocenters. The van der Waals surface area contributed by atoms with E-state index in [1.165, 1.54) is 57.8 Å². The van der Waals surface area contributed by atoms with Crippen LogP contribution in [0.15, 0.2) is 36.5 Å². The lowest BCUT2D eigenvalue weighted by Crippen LogP contribution is -2.30. The molecule has 4 N–H and O–H groups in total. The van der Waals surface area contributed by atoms with Gasteiger partial charge in [0.1, 0.15) is 13.2 Å². The van der Waals surface area contributed by atoms with Crippen LogP contribution in [-0.4, -0.2) is 82.1 Å². The van der Waals surface area contributed by atoms with Gasteiger partial charge in [-0.3, -0.25) is 14.4 Å². The molecule has 0 aromatic heterocycles. The standard InChI is InChI=1S/C57H104O10/c1-4-7-10-12-14-15-16-17-18-19-20-21-26-32-40-47-57(64)67-50(48-65-55(62)45-38-31-25-23-22-24-29-36-43-52(59)51(58)41-34-9-6-3)49-66-56(63)46-39-33-27-30-37-44-54(61)53(60)42-35-28-13-11-8-5-2/h17-18,28-29,35-36,50-54,58-61H,4-16,19-27,30-34,37-49H2,1-3H3. The van der Waals surface area contributed by atoms with Crippen LogP contribution in [-0.2, 0) is 28.6 Å². The largest absolute Gasteiger partial charge is 0.462 e. The third kappa shape index (κ3) is 45.7. The SMILES string of the molecule is CCCCCC=CCC(O)C(O)CCCCCCCC(=O)OCC(COC(=O)CCCCCCCC=CCC(O)C(O)CCCCC)OC(=O)CCCCCCCC=CCCCCCCCC. The molecule has 0 saturated heterocycles. The van der Waals surface area contributed by atoms with Crippen LogP contribution in [0.25, 0.3) is 0 Å². The van der Waals surface area contributed by atoms with Crippen molar-refractivity contribution in [1.29, 1.82) is 0 Å². The van der Waals surface area contributed by atoms with Crippen molar-refractivity contribution in [2.45, 2.75) is 295 Å². The van der Waals surface area contributed by atoms with Gasteiger partial charge in [-0.05, 0) is 96.3 Å². The number of ether oxygens (including phenoxy) is 3. The number of esters is 3. The second-order valence-corrected chi connectivity index (χ2v) is 19.1. The van der Waals surface area contributed by atoms with E-state index in [-0.39, 0.29) is 50.4 Å². The van der Waals surface area contributed by atoms with Gasteiger partial charge >= 0.3 is 17.9 Å². The van der Waals surface area contributed by atoms with E-state index in [2.05, 4.69) is 45.1 Å². The Kier molecular flexibility index (Phi) is 48.0. The van der Waals surface area contributed by atoms with Crippen LogP contribution in [0, 0.1) is 0 Å². The van der Waals surface area contributed by atoms with Crippen LogP contribution in [0.3, 0.4) is 0 Å². The number of aliphatic hydroxyl groups is 4. The van der Waals surface area contributed by atoms with E-state index < -0.39 is 30.5 Å². The van der Waals surface area contributed by atoms with Crippen LogP contribution in [0.4, 0.5) is 0 Å². The molecule has 0 radical (unpaired) electrons. The highest BCUT2D eigenvalue weighted by Crippen LogP contribution is 2.16. The van der Waals surface area contributed by atoms with Crippen LogP contribution >= 0.6 is 0 Å². The number of unbranched alkanes of at least 4 members (excludes halogenated alkanes) is 25. The highest BCUT2D eigenvalue weighted by molar-refractivity contribution is 5.71. The normalized spacial score (nSPS) is 14.2. The highest BCUT2D eigenvalue weighted by atomic mass is 16.6. The van der Waals surface area contributed by atoms with E-state index >= 15 is 0 Å². The summed E-state index contributed by atoms with van der Waals surface area (Å²) in [7, 11) is 0. The smallest absolute Gasteiger partial charge is 0.306 e. The lowest BCUT2D eigenvalue weighted by Gasteiger charge is -2.18. The summed E-state index contributed by atoms with van der Waals surface area (Å²) in [5.41, 5.74) is 0. The predicted octanol–water partition coefficient (Wildman–Crippen LogP) is 14.0. The predicted molar refractivity (Wildman–Crippen MR) is 276 cm³/mol. The van der Waals surface area contributed by atoms with Gasteiger partial charge < -0.3 is 34.6 Å². The van der Waals surface area contributed by atoms with Crippen LogP contribution in [0.2, 0.25) is 0 Å². The molecule has 67 heavy (non-hydrogen) atoms. The van der Waals surface area contributed by atoms with Crippen molar-refractivity contribution in [1.82, 2.24) is 0 Å². The number of aliphatic hydroxyl groups excluding tert-OH is 4. The molecular formula is C57H104O10. The molecule has 0 aliphatic carbocycles. The fourth-order valence-electron chi connectivity index (χ4n) is 7.95. The summed E-state index contributed by atoms with van der Waals surface area (Å²) in [6.07, 6.45) is 44.5. The van der Waals surface area contributed by atoms with Crippen molar-refractivity contribution in [2.24, 2.45) is 0 Å². The zero-order valence-corrected chi connectivity index (χ0v) is 43.4. The molecule has 10 nitrogen and oxygen atoms in total. The summed E-state index contributed by atoms with van der Waals surface area (Å²) in [6.45, 7) is 6.23. The number of rotatable bonds is 50. The highest BCUT2D eigenvalue weighted by Gasteiger charge is 2.20. The monoisotopic (exact) mass is 949 g/mol. The Morgan fingerprint density at radius 1 is 0.358 bits per heavy atom. The fourth-order valence-corrected chi connectivity index (χ4v) is 7.95. The molecule has 0 spiro atoms. The molecule has 0 aromatic carbocycles. The first-order valence-electron chi connectivity index (χ1n) is 27.8. The van der Waals surface area contributed by atoms with Gasteiger partial charge in [0.05, 0.1) is 24.4 Å². The summed E-state index contributed by atoms with van der Waals surface area (Å²) >= 11 is 0. The zero-order chi connectivity index (χ0) is 49.3. The van der Waals surface area contributed by atoms with Crippen molar-refractivity contribution < 1.29 is 49.0 Å². The summed E-state index contributed by atoms with van der Waals surface area (Å²) in [5.74, 6) is -1.12. The molecule has 10 heteroatoms. The number of hydrogen-bond donors (Lipinski definition) is 4. The minimum atomic E-state index is -0.861. The van der Waals surface area contributed by atoms with Crippen molar-refractivity contribution in [3.05, 3.63) is 36.5 Å². The van der Waals surface area contributed by atoms with Crippen LogP contribution in [0.5, 0.6) is 0 Å². The third-order valence-electron chi connectivity index (χ3n) is 12.5. The molecule has 0 heterocycles. The maximum absolute atomic E-state index is 12.8. The number of allylic oxidation sites excluding steroid dienone is 4. The number of carbonyl (C=O) groups excluding carboxylic acids is 3. The molecule has 0 amide bonds. The first kappa shape index (κ1) is 64.5. The van der Waals surface area contributed by atoms with Gasteiger partial charge in [-0.15, -0.1) is 0 Å². The Morgan fingerprint density at radius 2 is 0.657 bits per heavy atom. The minimum absolute atomic E-state index is 0.156. The topological polar surface area (TPSA) is 160 Å². The van der Waals surface area contributed by atoms with Gasteiger partial charge in [0.25, 0.3) is 0 Å². The van der Waals surface area contributed by atoms with Gasteiger partial charge in [-0.1, -0.05) is 186 Å². The maximum atomic E-state index is 12.8. The lowest BCUT2D eigenvalue weighted by molar-refractivity contribution is -0.167. The summed E-state index contributed by atoms with van der Waals surface area (Å²) in [4.78, 5) is 38.1. The molecule has 0 aromatic rings. The van der Waals surface area contributed by atoms with Crippen LogP contribution in [0.1, 0.15) is 265 Å². The van der Waals surface area contributed by atoms with E-state index in [1.807, 2.05) is 12.2 Å². The van der Waals surface area contributed by atoms with Crippen molar-refractivity contribution in [3.63, 3.8) is 0 Å². The molecule has 5 atom stereocenters. The Morgan fingerprint density at radius 3 is 1.09 bits per heavy atom. The van der Waals surface area contributed by atoms with E-state index in [0.29, 0.717) is 38.5 Å². The molecule has 0 aliphatic heterocycles. The Bertz CT molecular complexity index is 1200. The van der Waals surface area contributed by atoms with Crippen molar-refractivity contribution in [2.75, 3.05) is 13.2 Å². The number of hydrogen-bond acceptors (Lipinski definition) is 10. The van der Waals surface area contributed by atoms with Gasteiger partial charge in [0, 0.05) is 19.3 Å². The second-order valence-electron chi connectivity index (χ2n) is 19.1. The quantitative estimate of drug-likeness (QED) is 0.0200. The maximum Gasteiger partial charge on any atom is 0.306 e. The van der Waals surface area contributed by atoms with Gasteiger partial charge in [-0.2, -0.15) is 0 Å². The summed E-state index contributed by atoms with van der Waals surface area (Å²) in [5, 5.41) is 40.8. The second kappa shape index (κ2) is 49.9. The molecule has 0 saturated carbocycles. The third-order valence-corrected chi connectivity index (χ3v) is 12.5. The zero-order valence-electron chi connectivity index (χ0n) is 43.4. The summed E-state index contributed by atoms with van der Waals surface area (Å²) < 4.78 is 16.7. The van der Waals surface area contributed by atoms with Crippen molar-refractivity contribution in [3.8, 4) is 0 Å². The molecule has 0 fully saturated rings. The van der Waals surface area contributed by atoms with Gasteiger partial charge in [0.2, 0.25) is 0 Å². The minimum Gasteiger partial charge on any atom is -0.462 e. The first-order valence-corrected chi connectivity index (χ1v) is 27.8. The Balaban J connectivity index is 4.56. The first-order chi connectivity index (χ1) is 32.6. The molecule has 0 bridgehead atoms. The van der Waals surface area contributed by atoms with E-state index in [1.54, 1.807) is 0 Å². The fraction of sp³-hybridized carbons (Fsp3) is 0.842. The average Bonchev–Trinajstić information content (AvgIpc) is 3.32. The van der Waals surface area contributed by atoms with Gasteiger partial charge in [-0.25, -0.2) is 0 Å². The van der Waals surface area contributed by atoms with E-state index in [0.717, 1.165) is 128 Å². The lowest BCUT2D eigenvalue weighted by atomic mass is 10.0.